The molecule has 16 heavy (non-hydrogen) atoms. The Kier molecular flexibility index (Phi) is 3.77. The molecule has 1 aromatic rings. The van der Waals surface area contributed by atoms with Gasteiger partial charge in [0.15, 0.2) is 0 Å². The summed E-state index contributed by atoms with van der Waals surface area (Å²) in [7, 11) is 0. The average molecular weight is 221 g/mol. The first kappa shape index (κ1) is 11.9. The van der Waals surface area contributed by atoms with Gasteiger partial charge in [-0.2, -0.15) is 0 Å². The van der Waals surface area contributed by atoms with E-state index < -0.39 is 10.9 Å². The molecule has 0 aliphatic heterocycles. The van der Waals surface area contributed by atoms with Crippen molar-refractivity contribution in [1.29, 1.82) is 0 Å². The standard InChI is InChI=1S/C11H11NO4/c1-2-8(7-11(13)14)9-4-3-5-10(6-9)12(15)16/h3-7H,2H2,1H3,(H,13,14)/b8-7-. The third kappa shape index (κ3) is 2.91. The number of nitro groups is 1. The number of nitro benzene ring substituents is 1. The maximum absolute atomic E-state index is 10.6. The highest BCUT2D eigenvalue weighted by molar-refractivity contribution is 5.90. The highest BCUT2D eigenvalue weighted by Gasteiger charge is 2.08. The smallest absolute Gasteiger partial charge is 0.328 e. The lowest BCUT2D eigenvalue weighted by Crippen LogP contribution is -1.93. The molecule has 0 bridgehead atoms. The zero-order chi connectivity index (χ0) is 12.1. The molecule has 0 aliphatic carbocycles. The quantitative estimate of drug-likeness (QED) is 0.481. The summed E-state index contributed by atoms with van der Waals surface area (Å²) in [5, 5.41) is 19.2. The molecule has 0 spiro atoms. The predicted molar refractivity (Wildman–Crippen MR) is 59.0 cm³/mol. The lowest BCUT2D eigenvalue weighted by atomic mass is 10.0. The van der Waals surface area contributed by atoms with Crippen molar-refractivity contribution in [2.24, 2.45) is 0 Å². The zero-order valence-electron chi connectivity index (χ0n) is 8.71. The van der Waals surface area contributed by atoms with Crippen LogP contribution in [0.2, 0.25) is 0 Å². The molecule has 84 valence electrons. The van der Waals surface area contributed by atoms with Crippen LogP contribution in [-0.2, 0) is 4.79 Å². The number of rotatable bonds is 4. The molecule has 5 nitrogen and oxygen atoms in total. The largest absolute Gasteiger partial charge is 0.478 e. The average Bonchev–Trinajstić information content (AvgIpc) is 2.25. The number of allylic oxidation sites excluding steroid dienone is 1. The van der Waals surface area contributed by atoms with Crippen molar-refractivity contribution in [1.82, 2.24) is 0 Å². The van der Waals surface area contributed by atoms with Crippen LogP contribution in [0.25, 0.3) is 5.57 Å². The van der Waals surface area contributed by atoms with Gasteiger partial charge in [-0.25, -0.2) is 4.79 Å². The van der Waals surface area contributed by atoms with Crippen LogP contribution >= 0.6 is 0 Å². The third-order valence-electron chi connectivity index (χ3n) is 2.11. The van der Waals surface area contributed by atoms with Crippen molar-refractivity contribution in [2.45, 2.75) is 13.3 Å². The summed E-state index contributed by atoms with van der Waals surface area (Å²) in [5.74, 6) is -1.05. The first-order valence-corrected chi connectivity index (χ1v) is 4.73. The molecule has 0 unspecified atom stereocenters. The predicted octanol–water partition coefficient (Wildman–Crippen LogP) is 2.47. The summed E-state index contributed by atoms with van der Waals surface area (Å²) >= 11 is 0. The Balaban J connectivity index is 3.16. The number of aliphatic carboxylic acids is 1. The Morgan fingerprint density at radius 2 is 2.25 bits per heavy atom. The van der Waals surface area contributed by atoms with Crippen LogP contribution in [0.4, 0.5) is 5.69 Å². The summed E-state index contributed by atoms with van der Waals surface area (Å²) in [6.07, 6.45) is 1.58. The first-order valence-electron chi connectivity index (χ1n) is 4.73. The van der Waals surface area contributed by atoms with E-state index in [0.717, 1.165) is 6.08 Å². The van der Waals surface area contributed by atoms with E-state index in [0.29, 0.717) is 17.6 Å². The Morgan fingerprint density at radius 1 is 1.56 bits per heavy atom. The number of nitrogens with zero attached hydrogens (tertiary/aromatic N) is 1. The van der Waals surface area contributed by atoms with Gasteiger partial charge in [0.2, 0.25) is 0 Å². The number of hydrogen-bond acceptors (Lipinski definition) is 3. The number of carbonyl (C=O) groups is 1. The summed E-state index contributed by atoms with van der Waals surface area (Å²) in [4.78, 5) is 20.6. The van der Waals surface area contributed by atoms with Crippen molar-refractivity contribution >= 4 is 17.2 Å². The highest BCUT2D eigenvalue weighted by atomic mass is 16.6. The maximum Gasteiger partial charge on any atom is 0.328 e. The van der Waals surface area contributed by atoms with Crippen molar-refractivity contribution in [2.75, 3.05) is 0 Å². The summed E-state index contributed by atoms with van der Waals surface area (Å²) in [5.41, 5.74) is 1.09. The van der Waals surface area contributed by atoms with Gasteiger partial charge in [0, 0.05) is 18.2 Å². The molecule has 1 aromatic carbocycles. The van der Waals surface area contributed by atoms with E-state index in [9.17, 15) is 14.9 Å². The lowest BCUT2D eigenvalue weighted by Gasteiger charge is -2.03. The molecule has 1 N–H and O–H groups in total. The molecule has 0 radical (unpaired) electrons. The van der Waals surface area contributed by atoms with Crippen molar-refractivity contribution < 1.29 is 14.8 Å². The van der Waals surface area contributed by atoms with E-state index in [-0.39, 0.29) is 5.69 Å². The van der Waals surface area contributed by atoms with Crippen molar-refractivity contribution in [3.05, 3.63) is 46.0 Å². The Morgan fingerprint density at radius 3 is 2.75 bits per heavy atom. The van der Waals surface area contributed by atoms with E-state index in [1.807, 2.05) is 0 Å². The molecule has 0 amide bonds. The van der Waals surface area contributed by atoms with Crippen molar-refractivity contribution in [3.63, 3.8) is 0 Å². The van der Waals surface area contributed by atoms with Crippen LogP contribution < -0.4 is 0 Å². The van der Waals surface area contributed by atoms with Gasteiger partial charge in [-0.3, -0.25) is 10.1 Å². The van der Waals surface area contributed by atoms with Crippen LogP contribution in [0.5, 0.6) is 0 Å². The molecule has 0 aromatic heterocycles. The minimum Gasteiger partial charge on any atom is -0.478 e. The fourth-order valence-corrected chi connectivity index (χ4v) is 1.36. The lowest BCUT2D eigenvalue weighted by molar-refractivity contribution is -0.384. The minimum atomic E-state index is -1.05. The molecule has 1 rings (SSSR count). The fraction of sp³-hybridized carbons (Fsp3) is 0.182. The molecule has 0 saturated heterocycles. The van der Waals surface area contributed by atoms with Gasteiger partial charge in [-0.1, -0.05) is 19.1 Å². The SMILES string of the molecule is CC/C(=C/C(=O)O)c1cccc([N+](=O)[O-])c1. The Hall–Kier alpha value is -2.17. The number of benzene rings is 1. The van der Waals surface area contributed by atoms with Gasteiger partial charge in [0.25, 0.3) is 5.69 Å². The molecular weight excluding hydrogens is 210 g/mol. The molecule has 0 saturated carbocycles. The van der Waals surface area contributed by atoms with E-state index in [2.05, 4.69) is 0 Å². The van der Waals surface area contributed by atoms with Gasteiger partial charge in [0.05, 0.1) is 4.92 Å². The monoisotopic (exact) mass is 221 g/mol. The summed E-state index contributed by atoms with van der Waals surface area (Å²) in [6.45, 7) is 1.80. The van der Waals surface area contributed by atoms with Gasteiger partial charge < -0.3 is 5.11 Å². The summed E-state index contributed by atoms with van der Waals surface area (Å²) in [6, 6.07) is 5.94. The second-order valence-corrected chi connectivity index (χ2v) is 3.17. The number of non-ortho nitro benzene ring substituents is 1. The number of hydrogen-bond donors (Lipinski definition) is 1. The maximum atomic E-state index is 10.6. The fourth-order valence-electron chi connectivity index (χ4n) is 1.36. The molecule has 0 atom stereocenters. The molecule has 0 fully saturated rings. The Labute approximate surface area is 92.2 Å². The first-order chi connectivity index (χ1) is 7.54. The van der Waals surface area contributed by atoms with Crippen LogP contribution in [-0.4, -0.2) is 16.0 Å². The zero-order valence-corrected chi connectivity index (χ0v) is 8.71. The van der Waals surface area contributed by atoms with Crippen LogP contribution in [0, 0.1) is 10.1 Å². The second-order valence-electron chi connectivity index (χ2n) is 3.17. The van der Waals surface area contributed by atoms with Gasteiger partial charge in [-0.05, 0) is 17.6 Å². The summed E-state index contributed by atoms with van der Waals surface area (Å²) < 4.78 is 0. The third-order valence-corrected chi connectivity index (χ3v) is 2.11. The van der Waals surface area contributed by atoms with Crippen LogP contribution in [0.1, 0.15) is 18.9 Å². The second kappa shape index (κ2) is 5.06. The Bertz CT molecular complexity index is 451. The van der Waals surface area contributed by atoms with Crippen molar-refractivity contribution in [3.8, 4) is 0 Å². The highest BCUT2D eigenvalue weighted by Crippen LogP contribution is 2.22. The van der Waals surface area contributed by atoms with E-state index in [4.69, 9.17) is 5.11 Å². The molecule has 0 heterocycles. The number of carboxylic acid groups (broad SMARTS) is 1. The van der Waals surface area contributed by atoms with E-state index in [1.54, 1.807) is 19.1 Å². The van der Waals surface area contributed by atoms with Gasteiger partial charge in [-0.15, -0.1) is 0 Å². The topological polar surface area (TPSA) is 80.4 Å². The molecular formula is C11H11NO4. The van der Waals surface area contributed by atoms with E-state index >= 15 is 0 Å². The minimum absolute atomic E-state index is 0.0396. The normalized spacial score (nSPS) is 11.2. The molecule has 5 heteroatoms. The van der Waals surface area contributed by atoms with E-state index in [1.165, 1.54) is 12.1 Å². The van der Waals surface area contributed by atoms with Gasteiger partial charge >= 0.3 is 5.97 Å². The molecule has 0 aliphatic rings. The van der Waals surface area contributed by atoms with Gasteiger partial charge in [0.1, 0.15) is 0 Å². The number of carboxylic acids is 1. The van der Waals surface area contributed by atoms with Crippen LogP contribution in [0.3, 0.4) is 0 Å². The van der Waals surface area contributed by atoms with Crippen LogP contribution in [0.15, 0.2) is 30.3 Å².